The molecule has 0 unspecified atom stereocenters. The van der Waals surface area contributed by atoms with Crippen LogP contribution < -0.4 is 5.32 Å². The lowest BCUT2D eigenvalue weighted by Crippen LogP contribution is -2.14. The molecule has 0 atom stereocenters. The summed E-state index contributed by atoms with van der Waals surface area (Å²) in [4.78, 5) is 12.1. The number of aromatic nitrogens is 2. The van der Waals surface area contributed by atoms with Gasteiger partial charge in [-0.2, -0.15) is 13.2 Å². The highest BCUT2D eigenvalue weighted by molar-refractivity contribution is 5.90. The van der Waals surface area contributed by atoms with Crippen LogP contribution in [0.4, 0.5) is 19.2 Å². The number of nitrogens with zero attached hydrogens (tertiary/aromatic N) is 2. The van der Waals surface area contributed by atoms with Crippen molar-refractivity contribution in [3.63, 3.8) is 0 Å². The van der Waals surface area contributed by atoms with Gasteiger partial charge in [0, 0.05) is 5.56 Å². The summed E-state index contributed by atoms with van der Waals surface area (Å²) in [6.45, 7) is 3.95. The van der Waals surface area contributed by atoms with Gasteiger partial charge in [0.2, 0.25) is 11.8 Å². The number of carbonyl (C=O) groups excluding carboxylic acids is 1. The average Bonchev–Trinajstić information content (AvgIpc) is 3.06. The second kappa shape index (κ2) is 7.22. The van der Waals surface area contributed by atoms with Crippen molar-refractivity contribution in [2.45, 2.75) is 26.4 Å². The minimum atomic E-state index is -4.42. The van der Waals surface area contributed by atoms with E-state index in [9.17, 15) is 18.0 Å². The van der Waals surface area contributed by atoms with Crippen LogP contribution in [0.15, 0.2) is 46.9 Å². The monoisotopic (exact) mass is 375 g/mol. The maximum atomic E-state index is 12.6. The highest BCUT2D eigenvalue weighted by Crippen LogP contribution is 2.30. The summed E-state index contributed by atoms with van der Waals surface area (Å²) < 4.78 is 43.1. The predicted octanol–water partition coefficient (Wildman–Crippen LogP) is 4.55. The predicted molar refractivity (Wildman–Crippen MR) is 93.0 cm³/mol. The molecule has 0 spiro atoms. The summed E-state index contributed by atoms with van der Waals surface area (Å²) in [5.41, 5.74) is 2.62. The number of benzene rings is 2. The van der Waals surface area contributed by atoms with Gasteiger partial charge in [0.1, 0.15) is 0 Å². The zero-order valence-corrected chi connectivity index (χ0v) is 14.6. The first-order valence-corrected chi connectivity index (χ1v) is 8.09. The van der Waals surface area contributed by atoms with E-state index in [1.165, 1.54) is 12.1 Å². The Balaban J connectivity index is 1.66. The van der Waals surface area contributed by atoms with E-state index in [2.05, 4.69) is 15.5 Å². The number of hydrogen-bond donors (Lipinski definition) is 1. The fourth-order valence-corrected chi connectivity index (χ4v) is 2.45. The minimum Gasteiger partial charge on any atom is -0.403 e. The first kappa shape index (κ1) is 18.6. The van der Waals surface area contributed by atoms with E-state index in [4.69, 9.17) is 4.42 Å². The van der Waals surface area contributed by atoms with Crippen LogP contribution in [0.25, 0.3) is 11.5 Å². The van der Waals surface area contributed by atoms with Gasteiger partial charge in [0.05, 0.1) is 12.0 Å². The number of aryl methyl sites for hydroxylation is 2. The van der Waals surface area contributed by atoms with Crippen LogP contribution in [-0.4, -0.2) is 16.1 Å². The lowest BCUT2D eigenvalue weighted by atomic mass is 10.0. The van der Waals surface area contributed by atoms with Crippen molar-refractivity contribution in [1.29, 1.82) is 0 Å². The summed E-state index contributed by atoms with van der Waals surface area (Å²) >= 11 is 0. The second-order valence-corrected chi connectivity index (χ2v) is 6.13. The normalized spacial score (nSPS) is 11.4. The third-order valence-corrected chi connectivity index (χ3v) is 4.07. The number of amides is 1. The summed E-state index contributed by atoms with van der Waals surface area (Å²) in [5.74, 6) is -0.314. The fourth-order valence-electron chi connectivity index (χ4n) is 2.45. The first-order chi connectivity index (χ1) is 12.7. The third-order valence-electron chi connectivity index (χ3n) is 4.07. The lowest BCUT2D eigenvalue weighted by Gasteiger charge is -2.06. The van der Waals surface area contributed by atoms with Crippen LogP contribution in [0.5, 0.6) is 0 Å². The van der Waals surface area contributed by atoms with E-state index in [0.717, 1.165) is 28.8 Å². The van der Waals surface area contributed by atoms with E-state index >= 15 is 0 Å². The Morgan fingerprint density at radius 2 is 1.74 bits per heavy atom. The quantitative estimate of drug-likeness (QED) is 0.726. The van der Waals surface area contributed by atoms with Crippen molar-refractivity contribution in [1.82, 2.24) is 10.2 Å². The molecule has 0 saturated carbocycles. The van der Waals surface area contributed by atoms with Gasteiger partial charge in [-0.05, 0) is 54.8 Å². The smallest absolute Gasteiger partial charge is 0.403 e. The molecule has 140 valence electrons. The molecule has 5 nitrogen and oxygen atoms in total. The molecule has 0 bridgehead atoms. The second-order valence-electron chi connectivity index (χ2n) is 6.13. The molecule has 1 N–H and O–H groups in total. The van der Waals surface area contributed by atoms with Gasteiger partial charge < -0.3 is 4.42 Å². The molecule has 1 amide bonds. The maximum Gasteiger partial charge on any atom is 0.416 e. The van der Waals surface area contributed by atoms with Gasteiger partial charge in [0.15, 0.2) is 0 Å². The number of hydrogen-bond acceptors (Lipinski definition) is 4. The van der Waals surface area contributed by atoms with Crippen LogP contribution in [0.2, 0.25) is 0 Å². The average molecular weight is 375 g/mol. The molecule has 27 heavy (non-hydrogen) atoms. The van der Waals surface area contributed by atoms with Crippen molar-refractivity contribution < 1.29 is 22.4 Å². The standard InChI is InChI=1S/C19H16F3N3O2/c1-11-3-4-13(9-12(11)2)10-16(26)23-18-25-24-17(27-18)14-5-7-15(8-6-14)19(20,21)22/h3-9H,10H2,1-2H3,(H,23,25,26). The van der Waals surface area contributed by atoms with Gasteiger partial charge >= 0.3 is 12.2 Å². The molecule has 1 aromatic heterocycles. The van der Waals surface area contributed by atoms with Gasteiger partial charge in [-0.3, -0.25) is 10.1 Å². The molecule has 0 saturated heterocycles. The Morgan fingerprint density at radius 1 is 1.04 bits per heavy atom. The molecule has 2 aromatic carbocycles. The molecule has 8 heteroatoms. The van der Waals surface area contributed by atoms with Gasteiger partial charge in [-0.15, -0.1) is 5.10 Å². The summed E-state index contributed by atoms with van der Waals surface area (Å²) in [6.07, 6.45) is -4.28. The van der Waals surface area contributed by atoms with Crippen molar-refractivity contribution in [2.24, 2.45) is 0 Å². The molecule has 0 aliphatic rings. The number of carbonyl (C=O) groups is 1. The lowest BCUT2D eigenvalue weighted by molar-refractivity contribution is -0.137. The van der Waals surface area contributed by atoms with Crippen LogP contribution >= 0.6 is 0 Å². The van der Waals surface area contributed by atoms with Gasteiger partial charge in [-0.25, -0.2) is 0 Å². The Hall–Kier alpha value is -3.16. The van der Waals surface area contributed by atoms with Crippen LogP contribution in [0.1, 0.15) is 22.3 Å². The topological polar surface area (TPSA) is 68.0 Å². The molecule has 3 aromatic rings. The Kier molecular flexibility index (Phi) is 4.98. The molecule has 0 fully saturated rings. The van der Waals surface area contributed by atoms with E-state index in [1.54, 1.807) is 0 Å². The molecular weight excluding hydrogens is 359 g/mol. The van der Waals surface area contributed by atoms with Crippen molar-refractivity contribution >= 4 is 11.9 Å². The SMILES string of the molecule is Cc1ccc(CC(=O)Nc2nnc(-c3ccc(C(F)(F)F)cc3)o2)cc1C. The maximum absolute atomic E-state index is 12.6. The van der Waals surface area contributed by atoms with Gasteiger partial charge in [-0.1, -0.05) is 23.3 Å². The molecule has 3 rings (SSSR count). The minimum absolute atomic E-state index is 0.0187. The summed E-state index contributed by atoms with van der Waals surface area (Å²) in [7, 11) is 0. The van der Waals surface area contributed by atoms with E-state index in [1.807, 2.05) is 32.0 Å². The Bertz CT molecular complexity index is 963. The van der Waals surface area contributed by atoms with Gasteiger partial charge in [0.25, 0.3) is 0 Å². The number of nitrogens with one attached hydrogen (secondary N) is 1. The van der Waals surface area contributed by atoms with Crippen molar-refractivity contribution in [2.75, 3.05) is 5.32 Å². The van der Waals surface area contributed by atoms with Crippen molar-refractivity contribution in [3.05, 3.63) is 64.7 Å². The fraction of sp³-hybridized carbons (Fsp3) is 0.211. The highest BCUT2D eigenvalue weighted by atomic mass is 19.4. The first-order valence-electron chi connectivity index (χ1n) is 8.09. The van der Waals surface area contributed by atoms with E-state index in [-0.39, 0.29) is 24.2 Å². The third kappa shape index (κ3) is 4.52. The number of anilines is 1. The molecule has 0 aliphatic heterocycles. The van der Waals surface area contributed by atoms with E-state index < -0.39 is 11.7 Å². The Labute approximate surface area is 153 Å². The zero-order chi connectivity index (χ0) is 19.6. The summed E-state index contributed by atoms with van der Waals surface area (Å²) in [6, 6.07) is 9.94. The molecular formula is C19H16F3N3O2. The number of halogens is 3. The Morgan fingerprint density at radius 3 is 2.37 bits per heavy atom. The van der Waals surface area contributed by atoms with Crippen molar-refractivity contribution in [3.8, 4) is 11.5 Å². The molecule has 0 aliphatic carbocycles. The summed E-state index contributed by atoms with van der Waals surface area (Å²) in [5, 5.41) is 9.95. The molecule has 1 heterocycles. The molecule has 0 radical (unpaired) electrons. The number of alkyl halides is 3. The zero-order valence-electron chi connectivity index (χ0n) is 14.6. The van der Waals surface area contributed by atoms with Crippen LogP contribution in [0.3, 0.4) is 0 Å². The number of rotatable bonds is 4. The van der Waals surface area contributed by atoms with Crippen LogP contribution in [-0.2, 0) is 17.4 Å². The highest BCUT2D eigenvalue weighted by Gasteiger charge is 2.30. The van der Waals surface area contributed by atoms with Crippen LogP contribution in [0, 0.1) is 13.8 Å². The van der Waals surface area contributed by atoms with E-state index in [0.29, 0.717) is 5.56 Å². The largest absolute Gasteiger partial charge is 0.416 e.